The van der Waals surface area contributed by atoms with Crippen molar-refractivity contribution in [2.24, 2.45) is 17.8 Å². The number of halogens is 1. The number of aromatic nitrogens is 3. The number of likely N-dealkylation sites (N-methyl/N-ethyl adjacent to an activating group) is 2. The third-order valence-electron chi connectivity index (χ3n) is 16.2. The first-order valence-corrected chi connectivity index (χ1v) is 27.9. The Morgan fingerprint density at radius 2 is 1.65 bits per heavy atom. The van der Waals surface area contributed by atoms with Gasteiger partial charge in [-0.1, -0.05) is 38.1 Å². The summed E-state index contributed by atoms with van der Waals surface area (Å²) in [5.41, 5.74) is -3.41. The monoisotopic (exact) mass is 1090 g/mol. The summed E-state index contributed by atoms with van der Waals surface area (Å²) in [5.74, 6) is -2.82. The van der Waals surface area contributed by atoms with Crippen molar-refractivity contribution in [3.8, 4) is 0 Å². The van der Waals surface area contributed by atoms with Gasteiger partial charge in [-0.2, -0.15) is 0 Å². The zero-order valence-electron chi connectivity index (χ0n) is 46.7. The molecule has 0 aliphatic carbocycles. The molecule has 5 rings (SSSR count). The van der Waals surface area contributed by atoms with Crippen LogP contribution in [0.15, 0.2) is 35.4 Å². The Bertz CT molecular complexity index is 2110. The van der Waals surface area contributed by atoms with Crippen LogP contribution in [0.2, 0.25) is 0 Å². The number of hydrogen-bond acceptors (Lipinski definition) is 19. The topological polar surface area (TPSA) is 257 Å². The van der Waals surface area contributed by atoms with Gasteiger partial charge in [0.15, 0.2) is 12.6 Å². The lowest BCUT2D eigenvalue weighted by Crippen LogP contribution is -2.61. The predicted octanol–water partition coefficient (Wildman–Crippen LogP) is 3.10. The number of aliphatic hydroxyl groups is 6. The third-order valence-corrected chi connectivity index (χ3v) is 17.6. The number of rotatable bonds is 18. The molecule has 0 bridgehead atoms. The lowest BCUT2D eigenvalue weighted by atomic mass is 9.77. The molecule has 2 aromatic rings. The highest BCUT2D eigenvalue weighted by atomic mass is 32.2. The van der Waals surface area contributed by atoms with E-state index in [-0.39, 0.29) is 37.5 Å². The summed E-state index contributed by atoms with van der Waals surface area (Å²) in [4.78, 5) is 18.9. The highest BCUT2D eigenvalue weighted by molar-refractivity contribution is 7.85. The predicted molar refractivity (Wildman–Crippen MR) is 276 cm³/mol. The fourth-order valence-electron chi connectivity index (χ4n) is 11.5. The molecule has 3 aliphatic rings. The zero-order valence-corrected chi connectivity index (χ0v) is 47.5. The van der Waals surface area contributed by atoms with E-state index in [0.29, 0.717) is 42.1 Å². The number of aliphatic hydroxyl groups excluding tert-OH is 4. The SMILES string of the molecule is CC[C@H]1OC(=O)[C@H](C)[C@@H](O[C@H]2C[C@@](C)(OC)[C@@H](O)[C@H](C)O2)[C@H](C)[C@@H](O[C@@H]2O[C@H](C)C[C@H](N(C)CCc3cn([C@H](CF)[C@H](OC)c4ccc(S(=O)CCO)cc4)nn3)[C@H]2O)[C@](C)(O)C[C@@H](C)CN(C)[C@H](C)[C@@H](O)[C@]1(C)O. The van der Waals surface area contributed by atoms with E-state index >= 15 is 0 Å². The van der Waals surface area contributed by atoms with Gasteiger partial charge in [-0.25, -0.2) is 9.07 Å². The first-order valence-electron chi connectivity index (χ1n) is 26.5. The van der Waals surface area contributed by atoms with E-state index in [4.69, 9.17) is 33.2 Å². The summed E-state index contributed by atoms with van der Waals surface area (Å²) in [6.07, 6.45) is -8.35. The van der Waals surface area contributed by atoms with E-state index < -0.39 is 138 Å². The Morgan fingerprint density at radius 3 is 2.25 bits per heavy atom. The van der Waals surface area contributed by atoms with Gasteiger partial charge in [0.25, 0.3) is 0 Å². The number of hydrogen-bond donors (Lipinski definition) is 6. The number of esters is 1. The average molecular weight is 1090 g/mol. The van der Waals surface area contributed by atoms with E-state index in [2.05, 4.69) is 10.3 Å². The van der Waals surface area contributed by atoms with Gasteiger partial charge in [0, 0.05) is 69.2 Å². The van der Waals surface area contributed by atoms with E-state index in [9.17, 15) is 44.0 Å². The van der Waals surface area contributed by atoms with Gasteiger partial charge >= 0.3 is 5.97 Å². The number of nitrogens with zero attached hydrogens (tertiary/aromatic N) is 5. The first-order chi connectivity index (χ1) is 35.2. The second-order valence-corrected chi connectivity index (χ2v) is 23.9. The smallest absolute Gasteiger partial charge is 0.311 e. The number of benzene rings is 1. The summed E-state index contributed by atoms with van der Waals surface area (Å²) in [5, 5.41) is 77.6. The van der Waals surface area contributed by atoms with E-state index in [1.165, 1.54) is 25.8 Å². The van der Waals surface area contributed by atoms with Gasteiger partial charge in [-0.05, 0) is 105 Å². The van der Waals surface area contributed by atoms with Crippen molar-refractivity contribution >= 4 is 16.8 Å². The molecule has 21 atom stereocenters. The van der Waals surface area contributed by atoms with Crippen molar-refractivity contribution in [1.82, 2.24) is 24.8 Å². The maximum Gasteiger partial charge on any atom is 0.311 e. The molecule has 1 aromatic carbocycles. The fourth-order valence-corrected chi connectivity index (χ4v) is 12.4. The third kappa shape index (κ3) is 15.0. The van der Waals surface area contributed by atoms with Crippen LogP contribution >= 0.6 is 0 Å². The quantitative estimate of drug-likeness (QED) is 0.117. The van der Waals surface area contributed by atoms with Crippen molar-refractivity contribution in [3.63, 3.8) is 0 Å². The van der Waals surface area contributed by atoms with Crippen LogP contribution in [0.25, 0.3) is 0 Å². The Morgan fingerprint density at radius 1 is 0.987 bits per heavy atom. The average Bonchev–Trinajstić information content (AvgIpc) is 3.84. The molecular formula is C53H90FN5O15S. The van der Waals surface area contributed by atoms with Gasteiger partial charge in [0.2, 0.25) is 0 Å². The standard InChI is InChI=1S/C53H90FN5O15S/c1-15-41-53(10,66)46(62)34(6)58(12)28-30(2)25-51(8,65)48(32(4)44(33(5)49(64)72-41)73-42-26-52(9,69-14)47(63)35(7)71-42)74-50-43(61)39(24-31(3)70-50)57(11)21-20-37-29-59(56-55-37)40(27-54)45(68-13)36-16-18-38(19-17-36)75(67)23-22-60/h16-19,29-35,39-48,50,60-63,65-66H,15,20-28H2,1-14H3/t30-,31-,32+,33-,34-,35+,39+,40-,41-,42+,43-,44+,45-,46-,47+,48-,50+,51-,52-,53-,75?/m1/s1. The second kappa shape index (κ2) is 27.0. The molecule has 0 radical (unpaired) electrons. The Kier molecular flexibility index (Phi) is 22.8. The van der Waals surface area contributed by atoms with Crippen LogP contribution in [0.5, 0.6) is 0 Å². The summed E-state index contributed by atoms with van der Waals surface area (Å²) >= 11 is 0. The van der Waals surface area contributed by atoms with Gasteiger partial charge in [-0.15, -0.1) is 5.10 Å². The fraction of sp³-hybridized carbons (Fsp3) is 0.830. The van der Waals surface area contributed by atoms with Crippen molar-refractivity contribution in [1.29, 1.82) is 0 Å². The maximum atomic E-state index is 14.8. The highest BCUT2D eigenvalue weighted by Gasteiger charge is 2.53. The van der Waals surface area contributed by atoms with Gasteiger partial charge in [0.05, 0.1) is 70.4 Å². The van der Waals surface area contributed by atoms with E-state index in [1.54, 1.807) is 78.9 Å². The molecule has 4 heterocycles. The number of ether oxygens (including phenoxy) is 7. The molecule has 3 saturated heterocycles. The molecule has 6 N–H and O–H groups in total. The van der Waals surface area contributed by atoms with E-state index in [0.717, 1.165) is 0 Å². The molecule has 3 aliphatic heterocycles. The minimum absolute atomic E-state index is 0.0740. The van der Waals surface area contributed by atoms with Gasteiger partial charge in [-0.3, -0.25) is 9.00 Å². The number of cyclic esters (lactones) is 1. The Balaban J connectivity index is 1.43. The number of alkyl halides is 1. The molecule has 0 spiro atoms. The zero-order chi connectivity index (χ0) is 55.9. The lowest BCUT2D eigenvalue weighted by molar-refractivity contribution is -0.318. The first kappa shape index (κ1) is 63.2. The molecular weight excluding hydrogens is 998 g/mol. The summed E-state index contributed by atoms with van der Waals surface area (Å²) in [6, 6.07) is 4.80. The second-order valence-electron chi connectivity index (χ2n) is 22.3. The van der Waals surface area contributed by atoms with Crippen LogP contribution in [0.1, 0.15) is 118 Å². The van der Waals surface area contributed by atoms with Crippen LogP contribution in [0.4, 0.5) is 4.39 Å². The number of carbonyl (C=O) groups excluding carboxylic acids is 1. The van der Waals surface area contributed by atoms with Crippen LogP contribution in [-0.4, -0.2) is 216 Å². The Labute approximate surface area is 445 Å². The molecule has 75 heavy (non-hydrogen) atoms. The van der Waals surface area contributed by atoms with Crippen LogP contribution in [0.3, 0.4) is 0 Å². The van der Waals surface area contributed by atoms with Crippen molar-refractivity contribution < 1.29 is 77.2 Å². The molecule has 0 saturated carbocycles. The largest absolute Gasteiger partial charge is 0.459 e. The molecule has 22 heteroatoms. The molecule has 430 valence electrons. The molecule has 3 fully saturated rings. The van der Waals surface area contributed by atoms with E-state index in [1.807, 2.05) is 37.7 Å². The normalized spacial score (nSPS) is 39.3. The maximum absolute atomic E-state index is 14.8. The summed E-state index contributed by atoms with van der Waals surface area (Å²) < 4.78 is 72.7. The molecule has 1 unspecified atom stereocenters. The van der Waals surface area contributed by atoms with Gasteiger partial charge in [0.1, 0.15) is 48.8 Å². The lowest BCUT2D eigenvalue weighted by Gasteiger charge is -2.49. The summed E-state index contributed by atoms with van der Waals surface area (Å²) in [7, 11) is 5.27. The molecule has 0 amide bonds. The van der Waals surface area contributed by atoms with Crippen molar-refractivity contribution in [3.05, 3.63) is 41.7 Å². The van der Waals surface area contributed by atoms with Crippen molar-refractivity contribution in [2.75, 3.05) is 60.4 Å². The van der Waals surface area contributed by atoms with Crippen LogP contribution < -0.4 is 0 Å². The Hall–Kier alpha value is -2.65. The molecule has 1 aromatic heterocycles. The van der Waals surface area contributed by atoms with Gasteiger partial charge < -0.3 is 73.6 Å². The number of methoxy groups -OCH3 is 2. The van der Waals surface area contributed by atoms with Crippen molar-refractivity contribution in [2.45, 2.75) is 209 Å². The minimum Gasteiger partial charge on any atom is -0.459 e. The summed E-state index contributed by atoms with van der Waals surface area (Å²) in [6.45, 7) is 17.1. The highest BCUT2D eigenvalue weighted by Crippen LogP contribution is 2.41. The molecule has 20 nitrogen and oxygen atoms in total. The van der Waals surface area contributed by atoms with Crippen LogP contribution in [-0.2, 0) is 55.2 Å². The minimum atomic E-state index is -1.86. The number of carbonyl (C=O) groups is 1. The van der Waals surface area contributed by atoms with Crippen LogP contribution in [0, 0.1) is 17.8 Å².